The van der Waals surface area contributed by atoms with Gasteiger partial charge in [0.2, 0.25) is 15.7 Å². The molecule has 0 spiro atoms. The SMILES string of the molecule is O=C(Nc1ccc(S(=O)(=O)C(F)F)cc1)[C@H]1CCCNC1. The number of amides is 1. The molecule has 0 saturated carbocycles. The van der Waals surface area contributed by atoms with Crippen LogP contribution < -0.4 is 10.6 Å². The Morgan fingerprint density at radius 2 is 1.95 bits per heavy atom. The van der Waals surface area contributed by atoms with Gasteiger partial charge >= 0.3 is 5.76 Å². The molecule has 1 aliphatic rings. The van der Waals surface area contributed by atoms with Crippen molar-refractivity contribution >= 4 is 21.4 Å². The van der Waals surface area contributed by atoms with E-state index in [0.717, 1.165) is 31.5 Å². The molecule has 0 unspecified atom stereocenters. The molecule has 2 rings (SSSR count). The van der Waals surface area contributed by atoms with Crippen molar-refractivity contribution in [2.45, 2.75) is 23.5 Å². The van der Waals surface area contributed by atoms with Crippen molar-refractivity contribution in [1.82, 2.24) is 5.32 Å². The summed E-state index contributed by atoms with van der Waals surface area (Å²) >= 11 is 0. The Morgan fingerprint density at radius 3 is 2.48 bits per heavy atom. The van der Waals surface area contributed by atoms with Crippen LogP contribution >= 0.6 is 0 Å². The lowest BCUT2D eigenvalue weighted by molar-refractivity contribution is -0.120. The molecule has 2 N–H and O–H groups in total. The van der Waals surface area contributed by atoms with Gasteiger partial charge < -0.3 is 10.6 Å². The van der Waals surface area contributed by atoms with E-state index in [2.05, 4.69) is 10.6 Å². The number of sulfone groups is 1. The lowest BCUT2D eigenvalue weighted by Crippen LogP contribution is -2.37. The molecule has 0 aromatic heterocycles. The Labute approximate surface area is 121 Å². The molecule has 1 aliphatic heterocycles. The molecule has 21 heavy (non-hydrogen) atoms. The standard InChI is InChI=1S/C13H16F2N2O3S/c14-13(15)21(19,20)11-5-3-10(4-6-11)17-12(18)9-2-1-7-16-8-9/h3-6,9,13,16H,1-2,7-8H2,(H,17,18)/t9-/m0/s1. The molecule has 0 radical (unpaired) electrons. The molecule has 0 bridgehead atoms. The van der Waals surface area contributed by atoms with Crippen LogP contribution in [-0.4, -0.2) is 33.2 Å². The van der Waals surface area contributed by atoms with E-state index in [0.29, 0.717) is 12.2 Å². The fourth-order valence-electron chi connectivity index (χ4n) is 2.15. The van der Waals surface area contributed by atoms with Gasteiger partial charge in [0.15, 0.2) is 0 Å². The first kappa shape index (κ1) is 15.8. The number of hydrogen-bond donors (Lipinski definition) is 2. The first-order chi connectivity index (χ1) is 9.91. The van der Waals surface area contributed by atoms with Gasteiger partial charge in [0.25, 0.3) is 0 Å². The largest absolute Gasteiger partial charge is 0.341 e. The predicted octanol–water partition coefficient (Wildman–Crippen LogP) is 1.62. The Balaban J connectivity index is 2.04. The normalized spacial score (nSPS) is 19.5. The number of piperidine rings is 1. The number of hydrogen-bond acceptors (Lipinski definition) is 4. The van der Waals surface area contributed by atoms with E-state index < -0.39 is 20.5 Å². The topological polar surface area (TPSA) is 75.3 Å². The molecule has 0 aliphatic carbocycles. The van der Waals surface area contributed by atoms with E-state index in [-0.39, 0.29) is 11.8 Å². The van der Waals surface area contributed by atoms with E-state index in [1.54, 1.807) is 0 Å². The zero-order valence-electron chi connectivity index (χ0n) is 11.2. The molecule has 8 heteroatoms. The molecule has 1 heterocycles. The molecule has 1 atom stereocenters. The summed E-state index contributed by atoms with van der Waals surface area (Å²) in [6.45, 7) is 1.49. The van der Waals surface area contributed by atoms with Crippen molar-refractivity contribution in [1.29, 1.82) is 0 Å². The number of benzene rings is 1. The third-order valence-corrected chi connectivity index (χ3v) is 4.75. The summed E-state index contributed by atoms with van der Waals surface area (Å²) in [6, 6.07) is 4.75. The maximum absolute atomic E-state index is 12.4. The lowest BCUT2D eigenvalue weighted by atomic mass is 9.99. The second-order valence-corrected chi connectivity index (χ2v) is 6.78. The Hall–Kier alpha value is -1.54. The summed E-state index contributed by atoms with van der Waals surface area (Å²) < 4.78 is 47.3. The molecular formula is C13H16F2N2O3S. The van der Waals surface area contributed by atoms with Crippen LogP contribution in [0.4, 0.5) is 14.5 Å². The van der Waals surface area contributed by atoms with Gasteiger partial charge in [0.1, 0.15) is 0 Å². The highest BCUT2D eigenvalue weighted by atomic mass is 32.2. The zero-order valence-corrected chi connectivity index (χ0v) is 12.0. The van der Waals surface area contributed by atoms with Crippen LogP contribution in [0.25, 0.3) is 0 Å². The number of rotatable bonds is 4. The van der Waals surface area contributed by atoms with Crippen LogP contribution in [0.3, 0.4) is 0 Å². The third kappa shape index (κ3) is 3.76. The van der Waals surface area contributed by atoms with Gasteiger partial charge in [-0.2, -0.15) is 8.78 Å². The minimum absolute atomic E-state index is 0.136. The molecule has 1 aromatic rings. The van der Waals surface area contributed by atoms with E-state index in [4.69, 9.17) is 0 Å². The van der Waals surface area contributed by atoms with Crippen LogP contribution in [0.5, 0.6) is 0 Å². The van der Waals surface area contributed by atoms with Crippen LogP contribution in [0.15, 0.2) is 29.2 Å². The van der Waals surface area contributed by atoms with E-state index >= 15 is 0 Å². The summed E-state index contributed by atoms with van der Waals surface area (Å²) in [6.07, 6.45) is 1.71. The van der Waals surface area contributed by atoms with Gasteiger partial charge in [-0.15, -0.1) is 0 Å². The molecule has 1 aromatic carbocycles. The summed E-state index contributed by atoms with van der Waals surface area (Å²) in [5, 5.41) is 5.78. The highest BCUT2D eigenvalue weighted by Gasteiger charge is 2.26. The number of anilines is 1. The van der Waals surface area contributed by atoms with Crippen LogP contribution in [0.1, 0.15) is 12.8 Å². The highest BCUT2D eigenvalue weighted by Crippen LogP contribution is 2.21. The number of alkyl halides is 2. The van der Waals surface area contributed by atoms with Gasteiger partial charge in [-0.25, -0.2) is 8.42 Å². The summed E-state index contributed by atoms with van der Waals surface area (Å²) in [4.78, 5) is 11.5. The number of nitrogens with one attached hydrogen (secondary N) is 2. The number of carbonyl (C=O) groups is 1. The molecule has 5 nitrogen and oxygen atoms in total. The molecule has 1 saturated heterocycles. The van der Waals surface area contributed by atoms with E-state index in [1.807, 2.05) is 0 Å². The zero-order chi connectivity index (χ0) is 15.5. The average molecular weight is 318 g/mol. The van der Waals surface area contributed by atoms with Gasteiger partial charge in [-0.3, -0.25) is 4.79 Å². The predicted molar refractivity (Wildman–Crippen MR) is 73.9 cm³/mol. The van der Waals surface area contributed by atoms with Crippen molar-refractivity contribution < 1.29 is 22.0 Å². The quantitative estimate of drug-likeness (QED) is 0.884. The van der Waals surface area contributed by atoms with E-state index in [9.17, 15) is 22.0 Å². The number of carbonyl (C=O) groups excluding carboxylic acids is 1. The average Bonchev–Trinajstić information content (AvgIpc) is 2.48. The van der Waals surface area contributed by atoms with Crippen molar-refractivity contribution in [2.24, 2.45) is 5.92 Å². The van der Waals surface area contributed by atoms with Crippen LogP contribution in [0.2, 0.25) is 0 Å². The highest BCUT2D eigenvalue weighted by molar-refractivity contribution is 7.91. The third-order valence-electron chi connectivity index (χ3n) is 3.35. The maximum atomic E-state index is 12.4. The number of halogens is 2. The second-order valence-electron chi connectivity index (χ2n) is 4.86. The maximum Gasteiger partial charge on any atom is 0.341 e. The lowest BCUT2D eigenvalue weighted by Gasteiger charge is -2.21. The molecule has 1 amide bonds. The first-order valence-corrected chi connectivity index (χ1v) is 8.09. The second kappa shape index (κ2) is 6.48. The smallest absolute Gasteiger partial charge is 0.326 e. The van der Waals surface area contributed by atoms with Crippen molar-refractivity contribution in [2.75, 3.05) is 18.4 Å². The van der Waals surface area contributed by atoms with E-state index in [1.165, 1.54) is 12.1 Å². The van der Waals surface area contributed by atoms with Crippen molar-refractivity contribution in [3.05, 3.63) is 24.3 Å². The van der Waals surface area contributed by atoms with Gasteiger partial charge in [0.05, 0.1) is 10.8 Å². The van der Waals surface area contributed by atoms with Crippen molar-refractivity contribution in [3.8, 4) is 0 Å². The fourth-order valence-corrected chi connectivity index (χ4v) is 2.87. The van der Waals surface area contributed by atoms with Gasteiger partial charge in [-0.05, 0) is 43.7 Å². The summed E-state index contributed by atoms with van der Waals surface area (Å²) in [7, 11) is -4.60. The molecule has 1 fully saturated rings. The van der Waals surface area contributed by atoms with Gasteiger partial charge in [0, 0.05) is 12.2 Å². The van der Waals surface area contributed by atoms with Crippen molar-refractivity contribution in [3.63, 3.8) is 0 Å². The van der Waals surface area contributed by atoms with Crippen LogP contribution in [-0.2, 0) is 14.6 Å². The Morgan fingerprint density at radius 1 is 1.29 bits per heavy atom. The minimum Gasteiger partial charge on any atom is -0.326 e. The first-order valence-electron chi connectivity index (χ1n) is 6.55. The summed E-state index contributed by atoms with van der Waals surface area (Å²) in [5.41, 5.74) is 0.388. The summed E-state index contributed by atoms with van der Waals surface area (Å²) in [5.74, 6) is -3.75. The van der Waals surface area contributed by atoms with Gasteiger partial charge in [-0.1, -0.05) is 0 Å². The fraction of sp³-hybridized carbons (Fsp3) is 0.462. The monoisotopic (exact) mass is 318 g/mol. The minimum atomic E-state index is -4.60. The Bertz CT molecular complexity index is 596. The van der Waals surface area contributed by atoms with Crippen LogP contribution in [0, 0.1) is 5.92 Å². The molecule has 116 valence electrons. The Kier molecular flexibility index (Phi) is 4.89. The molecular weight excluding hydrogens is 302 g/mol.